The average Bonchev–Trinajstić information content (AvgIpc) is 2.75. The van der Waals surface area contributed by atoms with Crippen LogP contribution in [-0.2, 0) is 27.3 Å². The second-order valence-corrected chi connectivity index (χ2v) is 7.47. The predicted molar refractivity (Wildman–Crippen MR) is 109 cm³/mol. The van der Waals surface area contributed by atoms with E-state index in [2.05, 4.69) is 0 Å². The summed E-state index contributed by atoms with van der Waals surface area (Å²) >= 11 is 0. The molecule has 154 valence electrons. The summed E-state index contributed by atoms with van der Waals surface area (Å²) in [4.78, 5) is 26.5. The van der Waals surface area contributed by atoms with E-state index < -0.39 is 18.1 Å². The van der Waals surface area contributed by atoms with Crippen molar-refractivity contribution >= 4 is 12.1 Å². The quantitative estimate of drug-likeness (QED) is 0.686. The van der Waals surface area contributed by atoms with Crippen LogP contribution >= 0.6 is 0 Å². The van der Waals surface area contributed by atoms with Crippen molar-refractivity contribution in [2.75, 3.05) is 20.3 Å². The molecule has 3 rings (SSSR count). The maximum absolute atomic E-state index is 12.5. The van der Waals surface area contributed by atoms with Crippen molar-refractivity contribution in [3.05, 3.63) is 65.2 Å². The molecule has 2 aromatic carbocycles. The van der Waals surface area contributed by atoms with Crippen LogP contribution in [0, 0.1) is 5.92 Å². The van der Waals surface area contributed by atoms with Gasteiger partial charge in [0.1, 0.15) is 12.4 Å². The molecular formula is C23H27NO5. The van der Waals surface area contributed by atoms with Gasteiger partial charge in [0.2, 0.25) is 0 Å². The molecule has 0 fully saturated rings. The number of methoxy groups -OCH3 is 1. The number of esters is 1. The smallest absolute Gasteiger partial charge is 0.410 e. The van der Waals surface area contributed by atoms with Gasteiger partial charge >= 0.3 is 12.1 Å². The average molecular weight is 397 g/mol. The first kappa shape index (κ1) is 20.7. The van der Waals surface area contributed by atoms with E-state index in [-0.39, 0.29) is 5.92 Å². The van der Waals surface area contributed by atoms with Crippen LogP contribution in [0.2, 0.25) is 0 Å². The monoisotopic (exact) mass is 397 g/mol. The number of fused-ring (bicyclic) bond motifs is 1. The number of carbonyl (C=O) groups excluding carboxylic acids is 2. The fourth-order valence-electron chi connectivity index (χ4n) is 3.32. The Labute approximate surface area is 171 Å². The molecule has 1 heterocycles. The second kappa shape index (κ2) is 9.45. The third-order valence-corrected chi connectivity index (χ3v) is 4.79. The molecular weight excluding hydrogens is 370 g/mol. The number of hydrogen-bond acceptors (Lipinski definition) is 5. The molecule has 0 spiro atoms. The van der Waals surface area contributed by atoms with E-state index in [0.717, 1.165) is 22.4 Å². The molecule has 1 unspecified atom stereocenters. The number of ether oxygens (including phenoxy) is 3. The highest BCUT2D eigenvalue weighted by Crippen LogP contribution is 2.33. The van der Waals surface area contributed by atoms with Gasteiger partial charge in [0.15, 0.2) is 6.04 Å². The first-order valence-corrected chi connectivity index (χ1v) is 9.80. The topological polar surface area (TPSA) is 65.1 Å². The Morgan fingerprint density at radius 3 is 2.59 bits per heavy atom. The van der Waals surface area contributed by atoms with Crippen LogP contribution in [0.15, 0.2) is 48.5 Å². The van der Waals surface area contributed by atoms with Crippen LogP contribution in [-0.4, -0.2) is 37.2 Å². The van der Waals surface area contributed by atoms with E-state index in [1.807, 2.05) is 62.4 Å². The van der Waals surface area contributed by atoms with Crippen molar-refractivity contribution in [3.63, 3.8) is 0 Å². The maximum Gasteiger partial charge on any atom is 0.410 e. The molecule has 0 aromatic heterocycles. The molecule has 0 radical (unpaired) electrons. The van der Waals surface area contributed by atoms with E-state index in [9.17, 15) is 9.59 Å². The molecule has 0 N–H and O–H groups in total. The van der Waals surface area contributed by atoms with Crippen molar-refractivity contribution in [2.45, 2.75) is 32.9 Å². The summed E-state index contributed by atoms with van der Waals surface area (Å²) in [6.45, 7) is 5.09. The van der Waals surface area contributed by atoms with Crippen molar-refractivity contribution < 1.29 is 23.8 Å². The molecule has 1 amide bonds. The Balaban J connectivity index is 1.78. The minimum atomic E-state index is -0.813. The molecule has 6 nitrogen and oxygen atoms in total. The maximum atomic E-state index is 12.5. The zero-order chi connectivity index (χ0) is 20.8. The van der Waals surface area contributed by atoms with E-state index in [1.165, 1.54) is 12.0 Å². The van der Waals surface area contributed by atoms with Gasteiger partial charge in [0, 0.05) is 6.54 Å². The normalized spacial score (nSPS) is 15.6. The van der Waals surface area contributed by atoms with Crippen LogP contribution < -0.4 is 4.74 Å². The Hall–Kier alpha value is -3.02. The standard InChI is InChI=1S/C23H27NO5/c1-16(2)14-29-23(26)24-12-11-18-13-19(28-15-17-7-5-4-6-8-17)9-10-20(18)21(24)22(25)27-3/h4-10,13,16,21H,11-12,14-15H2,1-3H3. The summed E-state index contributed by atoms with van der Waals surface area (Å²) in [5.74, 6) is 0.467. The molecule has 1 atom stereocenters. The number of carbonyl (C=O) groups is 2. The lowest BCUT2D eigenvalue weighted by Gasteiger charge is -2.35. The predicted octanol–water partition coefficient (Wildman–Crippen LogP) is 4.13. The van der Waals surface area contributed by atoms with E-state index >= 15 is 0 Å². The van der Waals surface area contributed by atoms with Gasteiger partial charge in [-0.1, -0.05) is 50.2 Å². The lowest BCUT2D eigenvalue weighted by molar-refractivity contribution is -0.147. The van der Waals surface area contributed by atoms with Gasteiger partial charge in [0.05, 0.1) is 13.7 Å². The molecule has 2 aromatic rings. The van der Waals surface area contributed by atoms with Crippen LogP contribution in [0.25, 0.3) is 0 Å². The number of benzene rings is 2. The second-order valence-electron chi connectivity index (χ2n) is 7.47. The van der Waals surface area contributed by atoms with Crippen molar-refractivity contribution in [1.82, 2.24) is 4.90 Å². The van der Waals surface area contributed by atoms with Crippen LogP contribution in [0.1, 0.15) is 36.6 Å². The molecule has 6 heteroatoms. The molecule has 29 heavy (non-hydrogen) atoms. The molecule has 0 saturated heterocycles. The summed E-state index contributed by atoms with van der Waals surface area (Å²) in [5, 5.41) is 0. The van der Waals surface area contributed by atoms with Gasteiger partial charge in [0.25, 0.3) is 0 Å². The summed E-state index contributed by atoms with van der Waals surface area (Å²) < 4.78 is 16.2. The Bertz CT molecular complexity index is 850. The molecule has 1 aliphatic rings. The van der Waals surface area contributed by atoms with Crippen molar-refractivity contribution in [2.24, 2.45) is 5.92 Å². The van der Waals surface area contributed by atoms with Gasteiger partial charge in [-0.05, 0) is 41.2 Å². The zero-order valence-electron chi connectivity index (χ0n) is 17.1. The van der Waals surface area contributed by atoms with E-state index in [1.54, 1.807) is 0 Å². The van der Waals surface area contributed by atoms with Gasteiger partial charge in [-0.2, -0.15) is 0 Å². The molecule has 1 aliphatic heterocycles. The Kier molecular flexibility index (Phi) is 6.75. The van der Waals surface area contributed by atoms with Crippen molar-refractivity contribution in [3.8, 4) is 5.75 Å². The van der Waals surface area contributed by atoms with Gasteiger partial charge < -0.3 is 14.2 Å². The Morgan fingerprint density at radius 2 is 1.90 bits per heavy atom. The minimum Gasteiger partial charge on any atom is -0.489 e. The van der Waals surface area contributed by atoms with Crippen LogP contribution in [0.4, 0.5) is 4.79 Å². The number of hydrogen-bond donors (Lipinski definition) is 0. The first-order chi connectivity index (χ1) is 14.0. The fraction of sp³-hybridized carbons (Fsp3) is 0.391. The summed E-state index contributed by atoms with van der Waals surface area (Å²) in [6, 6.07) is 14.7. The largest absolute Gasteiger partial charge is 0.489 e. The summed E-state index contributed by atoms with van der Waals surface area (Å²) in [5.41, 5.74) is 2.80. The molecule has 0 aliphatic carbocycles. The first-order valence-electron chi connectivity index (χ1n) is 9.80. The lowest BCUT2D eigenvalue weighted by Crippen LogP contribution is -2.44. The third-order valence-electron chi connectivity index (χ3n) is 4.79. The highest BCUT2D eigenvalue weighted by Gasteiger charge is 2.37. The van der Waals surface area contributed by atoms with Crippen LogP contribution in [0.3, 0.4) is 0 Å². The third kappa shape index (κ3) is 5.08. The van der Waals surface area contributed by atoms with Crippen molar-refractivity contribution in [1.29, 1.82) is 0 Å². The summed E-state index contributed by atoms with van der Waals surface area (Å²) in [7, 11) is 1.32. The minimum absolute atomic E-state index is 0.219. The van der Waals surface area contributed by atoms with E-state index in [4.69, 9.17) is 14.2 Å². The van der Waals surface area contributed by atoms with Gasteiger partial charge in [-0.3, -0.25) is 4.90 Å². The Morgan fingerprint density at radius 1 is 1.14 bits per heavy atom. The highest BCUT2D eigenvalue weighted by atomic mass is 16.6. The SMILES string of the molecule is COC(=O)C1c2ccc(OCc3ccccc3)cc2CCN1C(=O)OCC(C)C. The number of rotatable bonds is 6. The van der Waals surface area contributed by atoms with Crippen LogP contribution in [0.5, 0.6) is 5.75 Å². The van der Waals surface area contributed by atoms with Gasteiger partial charge in [-0.25, -0.2) is 9.59 Å². The van der Waals surface area contributed by atoms with E-state index in [0.29, 0.717) is 26.2 Å². The highest BCUT2D eigenvalue weighted by molar-refractivity contribution is 5.84. The summed E-state index contributed by atoms with van der Waals surface area (Å²) in [6.07, 6.45) is 0.117. The number of nitrogens with zero attached hydrogens (tertiary/aromatic N) is 1. The number of amides is 1. The zero-order valence-corrected chi connectivity index (χ0v) is 17.1. The fourth-order valence-corrected chi connectivity index (χ4v) is 3.32. The lowest BCUT2D eigenvalue weighted by atomic mass is 9.92. The molecule has 0 saturated carbocycles. The molecule has 0 bridgehead atoms. The van der Waals surface area contributed by atoms with Gasteiger partial charge in [-0.15, -0.1) is 0 Å².